The molecule has 3 N–H and O–H groups in total. The summed E-state index contributed by atoms with van der Waals surface area (Å²) in [7, 11) is 0. The Balaban J connectivity index is 1.71. The lowest BCUT2D eigenvalue weighted by molar-refractivity contribution is -0.118. The Bertz CT molecular complexity index is 1280. The Morgan fingerprint density at radius 2 is 1.76 bits per heavy atom. The van der Waals surface area contributed by atoms with Crippen molar-refractivity contribution in [3.8, 4) is 0 Å². The minimum Gasteiger partial charge on any atom is -0.506 e. The SMILES string of the molecule is CCCCC/N=C1C=C/C(=C2/C(=O)C(c3ccc(N4CCCC4)cc3NC(C)=O)=C2O)C(NC(C)=O)=C/1. The number of aliphatic hydroxyl groups excluding tert-OH is 1. The number of anilines is 2. The fourth-order valence-electron chi connectivity index (χ4n) is 4.83. The summed E-state index contributed by atoms with van der Waals surface area (Å²) in [5.74, 6) is -1.06. The Morgan fingerprint density at radius 3 is 2.41 bits per heavy atom. The van der Waals surface area contributed by atoms with Crippen molar-refractivity contribution in [1.29, 1.82) is 0 Å². The number of ketones is 1. The third-order valence-electron chi connectivity index (χ3n) is 6.62. The molecule has 194 valence electrons. The van der Waals surface area contributed by atoms with Gasteiger partial charge in [0, 0.05) is 50.3 Å². The Morgan fingerprint density at radius 1 is 1.03 bits per heavy atom. The second-order valence-electron chi connectivity index (χ2n) is 9.53. The fraction of sp³-hybridized carbons (Fsp3) is 0.379. The molecule has 0 spiro atoms. The molecule has 1 aliphatic heterocycles. The molecule has 0 saturated carbocycles. The molecule has 0 radical (unpaired) electrons. The Labute approximate surface area is 217 Å². The van der Waals surface area contributed by atoms with Gasteiger partial charge in [0.2, 0.25) is 17.6 Å². The minimum atomic E-state index is -0.350. The number of carbonyl (C=O) groups excluding carboxylic acids is 3. The number of hydrogen-bond acceptors (Lipinski definition) is 6. The van der Waals surface area contributed by atoms with Gasteiger partial charge in [0.25, 0.3) is 0 Å². The highest BCUT2D eigenvalue weighted by Gasteiger charge is 2.39. The van der Waals surface area contributed by atoms with E-state index >= 15 is 0 Å². The predicted molar refractivity (Wildman–Crippen MR) is 147 cm³/mol. The van der Waals surface area contributed by atoms with Gasteiger partial charge in [0.05, 0.1) is 28.2 Å². The third-order valence-corrected chi connectivity index (χ3v) is 6.62. The lowest BCUT2D eigenvalue weighted by Gasteiger charge is -2.28. The maximum atomic E-state index is 13.4. The van der Waals surface area contributed by atoms with E-state index in [1.807, 2.05) is 12.1 Å². The molecule has 1 aromatic rings. The van der Waals surface area contributed by atoms with Crippen LogP contribution in [0.4, 0.5) is 11.4 Å². The first-order chi connectivity index (χ1) is 17.8. The van der Waals surface area contributed by atoms with E-state index in [4.69, 9.17) is 0 Å². The van der Waals surface area contributed by atoms with Crippen molar-refractivity contribution < 1.29 is 19.5 Å². The van der Waals surface area contributed by atoms with Crippen molar-refractivity contribution >= 4 is 40.3 Å². The van der Waals surface area contributed by atoms with Gasteiger partial charge in [-0.25, -0.2) is 0 Å². The number of Topliss-reactive ketones (excluding diaryl/α,β-unsaturated/α-hetero) is 1. The van der Waals surface area contributed by atoms with Crippen molar-refractivity contribution in [2.24, 2.45) is 4.99 Å². The zero-order valence-electron chi connectivity index (χ0n) is 21.7. The van der Waals surface area contributed by atoms with E-state index in [0.29, 0.717) is 34.8 Å². The molecule has 0 aromatic heterocycles. The third kappa shape index (κ3) is 5.74. The number of allylic oxidation sites excluding steroid dienone is 5. The van der Waals surface area contributed by atoms with E-state index in [2.05, 4.69) is 27.4 Å². The van der Waals surface area contributed by atoms with Crippen molar-refractivity contribution in [2.45, 2.75) is 52.9 Å². The molecule has 2 aliphatic carbocycles. The van der Waals surface area contributed by atoms with Crippen LogP contribution in [0.15, 0.2) is 64.0 Å². The normalized spacial score (nSPS) is 20.3. The maximum Gasteiger partial charge on any atom is 0.221 e. The van der Waals surface area contributed by atoms with E-state index in [1.54, 1.807) is 24.3 Å². The van der Waals surface area contributed by atoms with Crippen LogP contribution in [0.5, 0.6) is 0 Å². The highest BCUT2D eigenvalue weighted by molar-refractivity contribution is 6.40. The second kappa shape index (κ2) is 11.4. The quantitative estimate of drug-likeness (QED) is 0.355. The highest BCUT2D eigenvalue weighted by Crippen LogP contribution is 2.43. The van der Waals surface area contributed by atoms with Crippen molar-refractivity contribution in [1.82, 2.24) is 5.32 Å². The molecule has 1 heterocycles. The summed E-state index contributed by atoms with van der Waals surface area (Å²) in [5, 5.41) is 16.7. The predicted octanol–water partition coefficient (Wildman–Crippen LogP) is 4.61. The van der Waals surface area contributed by atoms with Crippen molar-refractivity contribution in [3.63, 3.8) is 0 Å². The first-order valence-corrected chi connectivity index (χ1v) is 12.9. The lowest BCUT2D eigenvalue weighted by Crippen LogP contribution is -2.29. The van der Waals surface area contributed by atoms with E-state index in [1.165, 1.54) is 13.8 Å². The summed E-state index contributed by atoms with van der Waals surface area (Å²) in [6, 6.07) is 5.53. The smallest absolute Gasteiger partial charge is 0.221 e. The zero-order valence-corrected chi connectivity index (χ0v) is 21.7. The van der Waals surface area contributed by atoms with Crippen LogP contribution in [0.1, 0.15) is 58.4 Å². The molecule has 3 aliphatic rings. The molecular weight excluding hydrogens is 468 g/mol. The number of rotatable bonds is 8. The van der Waals surface area contributed by atoms with Gasteiger partial charge in [-0.15, -0.1) is 0 Å². The summed E-state index contributed by atoms with van der Waals surface area (Å²) >= 11 is 0. The van der Waals surface area contributed by atoms with Crippen LogP contribution >= 0.6 is 0 Å². The summed E-state index contributed by atoms with van der Waals surface area (Å²) in [6.07, 6.45) is 10.6. The first-order valence-electron chi connectivity index (χ1n) is 12.9. The molecule has 37 heavy (non-hydrogen) atoms. The molecule has 0 unspecified atom stereocenters. The van der Waals surface area contributed by atoms with Gasteiger partial charge < -0.3 is 20.6 Å². The van der Waals surface area contributed by atoms with E-state index in [9.17, 15) is 19.5 Å². The number of nitrogens with zero attached hydrogens (tertiary/aromatic N) is 2. The summed E-state index contributed by atoms with van der Waals surface area (Å²) in [6.45, 7) is 7.50. The number of amides is 2. The summed E-state index contributed by atoms with van der Waals surface area (Å²) in [5.41, 5.74) is 3.75. The molecule has 1 fully saturated rings. The van der Waals surface area contributed by atoms with Crippen LogP contribution in [-0.4, -0.2) is 48.1 Å². The Kier molecular flexibility index (Phi) is 8.06. The number of aliphatic hydroxyl groups is 1. The molecule has 1 aromatic carbocycles. The van der Waals surface area contributed by atoms with Gasteiger partial charge in [-0.1, -0.05) is 19.8 Å². The largest absolute Gasteiger partial charge is 0.506 e. The van der Waals surface area contributed by atoms with Crippen LogP contribution in [0, 0.1) is 0 Å². The van der Waals surface area contributed by atoms with Crippen molar-refractivity contribution in [2.75, 3.05) is 29.9 Å². The topological polar surface area (TPSA) is 111 Å². The van der Waals surface area contributed by atoms with Crippen LogP contribution in [0.3, 0.4) is 0 Å². The molecule has 0 atom stereocenters. The molecule has 1 saturated heterocycles. The van der Waals surface area contributed by atoms with Crippen LogP contribution < -0.4 is 15.5 Å². The van der Waals surface area contributed by atoms with Gasteiger partial charge in [-0.3, -0.25) is 19.4 Å². The van der Waals surface area contributed by atoms with Gasteiger partial charge in [0.1, 0.15) is 5.76 Å². The second-order valence-corrected chi connectivity index (χ2v) is 9.53. The summed E-state index contributed by atoms with van der Waals surface area (Å²) < 4.78 is 0. The first kappa shape index (κ1) is 26.1. The number of carbonyl (C=O) groups is 3. The van der Waals surface area contributed by atoms with Crippen molar-refractivity contribution in [3.05, 3.63) is 64.6 Å². The average Bonchev–Trinajstić information content (AvgIpc) is 3.39. The van der Waals surface area contributed by atoms with Crippen LogP contribution in [0.25, 0.3) is 5.57 Å². The number of benzene rings is 1. The molecular formula is C29H34N4O4. The van der Waals surface area contributed by atoms with Crippen LogP contribution in [0.2, 0.25) is 0 Å². The summed E-state index contributed by atoms with van der Waals surface area (Å²) in [4.78, 5) is 44.0. The standard InChI is InChI=1S/C29H34N4O4/c1-4-5-6-13-30-20-9-11-22(24(16-20)31-18(2)34)26-28(36)27(29(26)37)23-12-10-21(33-14-7-8-15-33)17-25(23)32-19(3)35/h9-12,16-17,36H,4-8,13-15H2,1-3H3,(H,31,34)(H,32,35)/b26-22-,30-20-. The van der Waals surface area contributed by atoms with E-state index in [0.717, 1.165) is 50.9 Å². The number of hydrogen-bond donors (Lipinski definition) is 3. The highest BCUT2D eigenvalue weighted by atomic mass is 16.3. The van der Waals surface area contributed by atoms with Gasteiger partial charge in [-0.05, 0) is 55.7 Å². The Hall–Kier alpha value is -3.94. The monoisotopic (exact) mass is 502 g/mol. The number of aliphatic imine (C=N–C) groups is 1. The average molecular weight is 503 g/mol. The zero-order chi connectivity index (χ0) is 26.5. The number of unbranched alkanes of at least 4 members (excludes halogenated alkanes) is 2. The van der Waals surface area contributed by atoms with Gasteiger partial charge in [-0.2, -0.15) is 0 Å². The fourth-order valence-corrected chi connectivity index (χ4v) is 4.83. The molecule has 8 heteroatoms. The minimum absolute atomic E-state index is 0.133. The maximum absolute atomic E-state index is 13.4. The molecule has 8 nitrogen and oxygen atoms in total. The molecule has 4 rings (SSSR count). The molecule has 0 bridgehead atoms. The lowest BCUT2D eigenvalue weighted by atomic mass is 9.78. The van der Waals surface area contributed by atoms with Gasteiger partial charge >= 0.3 is 0 Å². The van der Waals surface area contributed by atoms with Gasteiger partial charge in [0.15, 0.2) is 0 Å². The number of nitrogens with one attached hydrogen (secondary N) is 2. The molecule has 2 amide bonds. The van der Waals surface area contributed by atoms with E-state index < -0.39 is 0 Å². The van der Waals surface area contributed by atoms with Crippen LogP contribution in [-0.2, 0) is 14.4 Å². The van der Waals surface area contributed by atoms with E-state index in [-0.39, 0.29) is 34.5 Å².